The monoisotopic (exact) mass is 363 g/mol. The molecule has 2 fully saturated rings. The maximum Gasteiger partial charge on any atom is 0.273 e. The Labute approximate surface area is 157 Å². The van der Waals surface area contributed by atoms with E-state index in [9.17, 15) is 4.79 Å². The number of hydrogen-bond donors (Lipinski definition) is 0. The first-order chi connectivity index (χ1) is 12.8. The molecule has 3 aromatic rings. The van der Waals surface area contributed by atoms with Crippen molar-refractivity contribution in [1.29, 1.82) is 0 Å². The molecule has 1 aromatic carbocycles. The lowest BCUT2D eigenvalue weighted by molar-refractivity contribution is 0.0728. The third-order valence-corrected chi connectivity index (χ3v) is 6.30. The largest absolute Gasteiger partial charge is 0.329 e. The first-order valence-corrected chi connectivity index (χ1v) is 10.2. The Kier molecular flexibility index (Phi) is 3.89. The van der Waals surface area contributed by atoms with E-state index in [2.05, 4.69) is 17.5 Å². The molecule has 3 heterocycles. The maximum atomic E-state index is 13.5. The molecular formula is C21H21N3OS. The van der Waals surface area contributed by atoms with E-state index < -0.39 is 0 Å². The van der Waals surface area contributed by atoms with Crippen molar-refractivity contribution >= 4 is 17.2 Å². The second-order valence-electron chi connectivity index (χ2n) is 7.15. The zero-order valence-corrected chi connectivity index (χ0v) is 15.4. The highest BCUT2D eigenvalue weighted by molar-refractivity contribution is 7.10. The summed E-state index contributed by atoms with van der Waals surface area (Å²) in [5, 5.41) is 6.89. The van der Waals surface area contributed by atoms with Crippen LogP contribution in [-0.2, 0) is 0 Å². The molecule has 1 aliphatic carbocycles. The third kappa shape index (κ3) is 2.76. The van der Waals surface area contributed by atoms with Crippen LogP contribution in [0.2, 0.25) is 0 Å². The minimum atomic E-state index is 0.101. The van der Waals surface area contributed by atoms with Gasteiger partial charge < -0.3 is 4.90 Å². The van der Waals surface area contributed by atoms with Gasteiger partial charge in [-0.2, -0.15) is 5.10 Å². The van der Waals surface area contributed by atoms with Crippen molar-refractivity contribution < 1.29 is 4.79 Å². The molecule has 1 atom stereocenters. The van der Waals surface area contributed by atoms with E-state index in [0.717, 1.165) is 30.8 Å². The van der Waals surface area contributed by atoms with Gasteiger partial charge in [-0.3, -0.25) is 4.79 Å². The van der Waals surface area contributed by atoms with Crippen molar-refractivity contribution in [3.05, 3.63) is 70.2 Å². The molecule has 5 heteroatoms. The fraction of sp³-hybridized carbons (Fsp3) is 0.333. The van der Waals surface area contributed by atoms with Crippen LogP contribution in [0.25, 0.3) is 5.69 Å². The van der Waals surface area contributed by atoms with E-state index in [-0.39, 0.29) is 11.9 Å². The number of thiophene rings is 1. The quantitative estimate of drug-likeness (QED) is 0.668. The topological polar surface area (TPSA) is 38.1 Å². The summed E-state index contributed by atoms with van der Waals surface area (Å²) >= 11 is 1.74. The van der Waals surface area contributed by atoms with Crippen LogP contribution in [0, 0.1) is 0 Å². The first kappa shape index (κ1) is 15.8. The number of carbonyl (C=O) groups is 1. The van der Waals surface area contributed by atoms with E-state index in [1.807, 2.05) is 46.0 Å². The molecule has 1 amide bonds. The van der Waals surface area contributed by atoms with Gasteiger partial charge in [0.15, 0.2) is 0 Å². The number of para-hydroxylation sites is 1. The normalized spacial score (nSPS) is 19.8. The molecule has 1 saturated carbocycles. The van der Waals surface area contributed by atoms with Crippen molar-refractivity contribution in [3.8, 4) is 5.69 Å². The number of nitrogens with zero attached hydrogens (tertiary/aromatic N) is 3. The second kappa shape index (κ2) is 6.40. The summed E-state index contributed by atoms with van der Waals surface area (Å²) in [6, 6.07) is 16.4. The number of amides is 1. The number of likely N-dealkylation sites (tertiary alicyclic amines) is 1. The Bertz CT molecular complexity index is 912. The van der Waals surface area contributed by atoms with Crippen molar-refractivity contribution in [2.24, 2.45) is 0 Å². The van der Waals surface area contributed by atoms with Crippen LogP contribution in [0.5, 0.6) is 0 Å². The summed E-state index contributed by atoms with van der Waals surface area (Å²) in [5.74, 6) is 0.627. The highest BCUT2D eigenvalue weighted by atomic mass is 32.1. The summed E-state index contributed by atoms with van der Waals surface area (Å²) in [5.41, 5.74) is 2.71. The van der Waals surface area contributed by atoms with E-state index in [1.165, 1.54) is 17.7 Å². The van der Waals surface area contributed by atoms with Gasteiger partial charge in [-0.1, -0.05) is 24.3 Å². The van der Waals surface area contributed by atoms with Crippen molar-refractivity contribution in [2.75, 3.05) is 6.54 Å². The number of hydrogen-bond acceptors (Lipinski definition) is 3. The van der Waals surface area contributed by atoms with Gasteiger partial charge in [0.1, 0.15) is 5.69 Å². The Hall–Kier alpha value is -2.40. The number of carbonyl (C=O) groups excluding carboxylic acids is 1. The molecule has 2 aliphatic rings. The van der Waals surface area contributed by atoms with Gasteiger partial charge in [0, 0.05) is 17.3 Å². The first-order valence-electron chi connectivity index (χ1n) is 9.31. The van der Waals surface area contributed by atoms with Crippen LogP contribution >= 0.6 is 11.3 Å². The van der Waals surface area contributed by atoms with Crippen molar-refractivity contribution in [2.45, 2.75) is 37.6 Å². The lowest BCUT2D eigenvalue weighted by Gasteiger charge is -2.24. The van der Waals surface area contributed by atoms with E-state index in [0.29, 0.717) is 11.6 Å². The number of rotatable bonds is 4. The van der Waals surface area contributed by atoms with Gasteiger partial charge in [-0.05, 0) is 55.3 Å². The maximum absolute atomic E-state index is 13.5. The molecule has 0 bridgehead atoms. The zero-order chi connectivity index (χ0) is 17.5. The Morgan fingerprint density at radius 2 is 1.92 bits per heavy atom. The van der Waals surface area contributed by atoms with Crippen LogP contribution in [0.4, 0.5) is 0 Å². The molecular weight excluding hydrogens is 342 g/mol. The van der Waals surface area contributed by atoms with E-state index in [1.54, 1.807) is 11.3 Å². The Morgan fingerprint density at radius 3 is 2.65 bits per heavy atom. The summed E-state index contributed by atoms with van der Waals surface area (Å²) in [7, 11) is 0. The predicted molar refractivity (Wildman–Crippen MR) is 103 cm³/mol. The van der Waals surface area contributed by atoms with Gasteiger partial charge in [-0.25, -0.2) is 4.68 Å². The summed E-state index contributed by atoms with van der Waals surface area (Å²) in [4.78, 5) is 16.8. The molecule has 0 N–H and O–H groups in total. The lowest BCUT2D eigenvalue weighted by Crippen LogP contribution is -2.31. The van der Waals surface area contributed by atoms with Crippen LogP contribution < -0.4 is 0 Å². The summed E-state index contributed by atoms with van der Waals surface area (Å²) in [6.07, 6.45) is 4.46. The standard InChI is InChI=1S/C21H21N3OS/c25-21(23-12-4-8-18(23)20-9-5-13-26-20)19-14-17(15-10-11-15)22-24(19)16-6-2-1-3-7-16/h1-3,5-7,9,13-15,18H,4,8,10-12H2/t18-/m1/s1. The lowest BCUT2D eigenvalue weighted by atomic mass is 10.1. The van der Waals surface area contributed by atoms with Crippen LogP contribution in [0.1, 0.15) is 58.7 Å². The SMILES string of the molecule is O=C(c1cc(C2CC2)nn1-c1ccccc1)N1CCC[C@@H]1c1cccs1. The molecule has 132 valence electrons. The fourth-order valence-corrected chi connectivity index (χ4v) is 4.70. The van der Waals surface area contributed by atoms with E-state index >= 15 is 0 Å². The minimum absolute atomic E-state index is 0.101. The molecule has 0 unspecified atom stereocenters. The molecule has 1 aliphatic heterocycles. The van der Waals surface area contributed by atoms with Gasteiger partial charge in [0.25, 0.3) is 5.91 Å². The molecule has 0 spiro atoms. The van der Waals surface area contributed by atoms with Crippen LogP contribution in [0.3, 0.4) is 0 Å². The number of aromatic nitrogens is 2. The Morgan fingerprint density at radius 1 is 1.08 bits per heavy atom. The van der Waals surface area contributed by atoms with Crippen LogP contribution in [0.15, 0.2) is 53.9 Å². The highest BCUT2D eigenvalue weighted by Crippen LogP contribution is 2.41. The van der Waals surface area contributed by atoms with Gasteiger partial charge >= 0.3 is 0 Å². The smallest absolute Gasteiger partial charge is 0.273 e. The average molecular weight is 363 g/mol. The van der Waals surface area contributed by atoms with Gasteiger partial charge in [0.05, 0.1) is 17.4 Å². The molecule has 1 saturated heterocycles. The third-order valence-electron chi connectivity index (χ3n) is 5.33. The molecule has 4 nitrogen and oxygen atoms in total. The Balaban J connectivity index is 1.53. The molecule has 2 aromatic heterocycles. The van der Waals surface area contributed by atoms with E-state index in [4.69, 9.17) is 5.10 Å². The van der Waals surface area contributed by atoms with Gasteiger partial charge in [0.2, 0.25) is 0 Å². The zero-order valence-electron chi connectivity index (χ0n) is 14.5. The van der Waals surface area contributed by atoms with Crippen molar-refractivity contribution in [1.82, 2.24) is 14.7 Å². The molecule has 5 rings (SSSR count). The summed E-state index contributed by atoms with van der Waals surface area (Å²) < 4.78 is 1.85. The van der Waals surface area contributed by atoms with Gasteiger partial charge in [-0.15, -0.1) is 11.3 Å². The van der Waals surface area contributed by atoms with Crippen LogP contribution in [-0.4, -0.2) is 27.1 Å². The highest BCUT2D eigenvalue weighted by Gasteiger charge is 2.35. The second-order valence-corrected chi connectivity index (χ2v) is 8.13. The minimum Gasteiger partial charge on any atom is -0.329 e. The summed E-state index contributed by atoms with van der Waals surface area (Å²) in [6.45, 7) is 0.820. The molecule has 26 heavy (non-hydrogen) atoms. The molecule has 0 radical (unpaired) electrons. The number of benzene rings is 1. The fourth-order valence-electron chi connectivity index (χ4n) is 3.83. The van der Waals surface area contributed by atoms with Crippen molar-refractivity contribution in [3.63, 3.8) is 0 Å². The predicted octanol–water partition coefficient (Wildman–Crippen LogP) is 4.79. The average Bonchev–Trinajstić information content (AvgIpc) is 3.11.